The van der Waals surface area contributed by atoms with Gasteiger partial charge in [-0.3, -0.25) is 9.78 Å². The van der Waals surface area contributed by atoms with Crippen molar-refractivity contribution in [2.45, 2.75) is 38.8 Å². The molecular weight excluding hydrogens is 273 g/mol. The van der Waals surface area contributed by atoms with Crippen LogP contribution in [0.3, 0.4) is 0 Å². The first-order valence-corrected chi connectivity index (χ1v) is 7.04. The van der Waals surface area contributed by atoms with Gasteiger partial charge in [-0.05, 0) is 18.9 Å². The highest BCUT2D eigenvalue weighted by molar-refractivity contribution is 5.93. The molecule has 6 nitrogen and oxygen atoms in total. The third kappa shape index (κ3) is 3.07. The second-order valence-corrected chi connectivity index (χ2v) is 5.07. The number of aromatic nitrogens is 4. The fourth-order valence-electron chi connectivity index (χ4n) is 2.47. The molecule has 2 aromatic heterocycles. The Morgan fingerprint density at radius 2 is 2.19 bits per heavy atom. The fraction of sp³-hybridized carbons (Fsp3) is 0.429. The number of carbonyl (C=O) groups is 1. The van der Waals surface area contributed by atoms with Crippen molar-refractivity contribution >= 4 is 5.91 Å². The van der Waals surface area contributed by atoms with Crippen molar-refractivity contribution in [1.29, 1.82) is 0 Å². The zero-order chi connectivity index (χ0) is 14.7. The Balaban J connectivity index is 1.68. The van der Waals surface area contributed by atoms with E-state index in [-0.39, 0.29) is 18.0 Å². The number of rotatable bonds is 3. The number of pyridine rings is 1. The standard InChI is InChI=1S/C14H16FN5O/c15-11-6-10(7-16-8-11)14(21)17-9-13-19-18-12-4-2-1-3-5-20(12)13/h6-8H,1-5,9H2,(H,17,21). The van der Waals surface area contributed by atoms with Crippen LogP contribution in [-0.2, 0) is 19.5 Å². The maximum atomic E-state index is 13.0. The Morgan fingerprint density at radius 1 is 1.29 bits per heavy atom. The summed E-state index contributed by atoms with van der Waals surface area (Å²) in [5.41, 5.74) is 0.200. The SMILES string of the molecule is O=C(NCc1nnc2n1CCCCC2)c1cncc(F)c1. The van der Waals surface area contributed by atoms with Crippen molar-refractivity contribution in [3.8, 4) is 0 Å². The smallest absolute Gasteiger partial charge is 0.253 e. The Bertz CT molecular complexity index is 655. The molecule has 21 heavy (non-hydrogen) atoms. The highest BCUT2D eigenvalue weighted by Gasteiger charge is 2.15. The van der Waals surface area contributed by atoms with Gasteiger partial charge in [-0.15, -0.1) is 10.2 Å². The molecular formula is C14H16FN5O. The molecule has 0 aromatic carbocycles. The summed E-state index contributed by atoms with van der Waals surface area (Å²) in [5, 5.41) is 11.0. The zero-order valence-electron chi connectivity index (χ0n) is 11.5. The molecule has 0 saturated heterocycles. The largest absolute Gasteiger partial charge is 0.345 e. The first kappa shape index (κ1) is 13.7. The van der Waals surface area contributed by atoms with Gasteiger partial charge in [0.15, 0.2) is 5.82 Å². The van der Waals surface area contributed by atoms with Crippen LogP contribution in [0.15, 0.2) is 18.5 Å². The molecule has 3 heterocycles. The van der Waals surface area contributed by atoms with E-state index in [1.807, 2.05) is 0 Å². The Labute approximate surface area is 121 Å². The van der Waals surface area contributed by atoms with Crippen molar-refractivity contribution in [1.82, 2.24) is 25.1 Å². The number of amides is 1. The van der Waals surface area contributed by atoms with Gasteiger partial charge in [-0.2, -0.15) is 0 Å². The van der Waals surface area contributed by atoms with Crippen LogP contribution in [0.25, 0.3) is 0 Å². The Kier molecular flexibility index (Phi) is 3.89. The van der Waals surface area contributed by atoms with E-state index < -0.39 is 5.82 Å². The maximum absolute atomic E-state index is 13.0. The minimum atomic E-state index is -0.529. The number of hydrogen-bond donors (Lipinski definition) is 1. The van der Waals surface area contributed by atoms with Crippen LogP contribution >= 0.6 is 0 Å². The minimum Gasteiger partial charge on any atom is -0.345 e. The number of fused-ring (bicyclic) bond motifs is 1. The van der Waals surface area contributed by atoms with E-state index >= 15 is 0 Å². The third-order valence-electron chi connectivity index (χ3n) is 3.56. The van der Waals surface area contributed by atoms with Crippen LogP contribution < -0.4 is 5.32 Å². The number of hydrogen-bond acceptors (Lipinski definition) is 4. The minimum absolute atomic E-state index is 0.200. The molecule has 0 bridgehead atoms. The van der Waals surface area contributed by atoms with Gasteiger partial charge in [0, 0.05) is 19.2 Å². The van der Waals surface area contributed by atoms with E-state index in [2.05, 4.69) is 25.1 Å². The van der Waals surface area contributed by atoms with Gasteiger partial charge in [0.05, 0.1) is 18.3 Å². The van der Waals surface area contributed by atoms with Crippen LogP contribution in [0.4, 0.5) is 4.39 Å². The molecule has 1 amide bonds. The highest BCUT2D eigenvalue weighted by Crippen LogP contribution is 2.14. The average molecular weight is 289 g/mol. The van der Waals surface area contributed by atoms with Crippen molar-refractivity contribution in [2.24, 2.45) is 0 Å². The van der Waals surface area contributed by atoms with Crippen molar-refractivity contribution in [2.75, 3.05) is 0 Å². The van der Waals surface area contributed by atoms with Gasteiger partial charge in [0.25, 0.3) is 5.91 Å². The molecule has 0 radical (unpaired) electrons. The molecule has 0 unspecified atom stereocenters. The van der Waals surface area contributed by atoms with Crippen LogP contribution in [0.2, 0.25) is 0 Å². The number of halogens is 1. The number of nitrogens with one attached hydrogen (secondary N) is 1. The van der Waals surface area contributed by atoms with E-state index in [1.54, 1.807) is 0 Å². The molecule has 3 rings (SSSR count). The summed E-state index contributed by atoms with van der Waals surface area (Å²) < 4.78 is 15.1. The zero-order valence-corrected chi connectivity index (χ0v) is 11.5. The first-order valence-electron chi connectivity index (χ1n) is 7.04. The summed E-state index contributed by atoms with van der Waals surface area (Å²) in [5.74, 6) is 0.820. The monoisotopic (exact) mass is 289 g/mol. The Morgan fingerprint density at radius 3 is 3.05 bits per heavy atom. The molecule has 1 aliphatic heterocycles. The molecule has 0 aliphatic carbocycles. The fourth-order valence-corrected chi connectivity index (χ4v) is 2.47. The van der Waals surface area contributed by atoms with Gasteiger partial charge >= 0.3 is 0 Å². The van der Waals surface area contributed by atoms with Crippen LogP contribution in [0, 0.1) is 5.82 Å². The first-order chi connectivity index (χ1) is 10.2. The van der Waals surface area contributed by atoms with Crippen LogP contribution in [-0.4, -0.2) is 25.7 Å². The summed E-state index contributed by atoms with van der Waals surface area (Å²) in [6, 6.07) is 1.16. The number of carbonyl (C=O) groups excluding carboxylic acids is 1. The molecule has 110 valence electrons. The van der Waals surface area contributed by atoms with Crippen LogP contribution in [0.5, 0.6) is 0 Å². The lowest BCUT2D eigenvalue weighted by molar-refractivity contribution is 0.0948. The summed E-state index contributed by atoms with van der Waals surface area (Å²) in [4.78, 5) is 15.6. The predicted molar refractivity (Wildman–Crippen MR) is 72.9 cm³/mol. The average Bonchev–Trinajstić information content (AvgIpc) is 2.72. The molecule has 0 saturated carbocycles. The highest BCUT2D eigenvalue weighted by atomic mass is 19.1. The Hall–Kier alpha value is -2.31. The lowest BCUT2D eigenvalue weighted by Crippen LogP contribution is -2.25. The van der Waals surface area contributed by atoms with Gasteiger partial charge in [0.1, 0.15) is 11.6 Å². The molecule has 0 spiro atoms. The van der Waals surface area contributed by atoms with Gasteiger partial charge in [-0.25, -0.2) is 4.39 Å². The molecule has 2 aromatic rings. The summed E-state index contributed by atoms with van der Waals surface area (Å²) >= 11 is 0. The van der Waals surface area contributed by atoms with Crippen molar-refractivity contribution < 1.29 is 9.18 Å². The van der Waals surface area contributed by atoms with Gasteiger partial charge < -0.3 is 9.88 Å². The lowest BCUT2D eigenvalue weighted by atomic mass is 10.2. The summed E-state index contributed by atoms with van der Waals surface area (Å²) in [7, 11) is 0. The quantitative estimate of drug-likeness (QED) is 0.928. The van der Waals surface area contributed by atoms with Crippen LogP contribution in [0.1, 0.15) is 41.3 Å². The normalized spacial score (nSPS) is 14.3. The van der Waals surface area contributed by atoms with E-state index in [0.29, 0.717) is 0 Å². The van der Waals surface area contributed by atoms with E-state index in [0.717, 1.165) is 49.7 Å². The molecule has 7 heteroatoms. The molecule has 0 atom stereocenters. The van der Waals surface area contributed by atoms with E-state index in [4.69, 9.17) is 0 Å². The second kappa shape index (κ2) is 5.99. The topological polar surface area (TPSA) is 72.7 Å². The van der Waals surface area contributed by atoms with Crippen molar-refractivity contribution in [3.05, 3.63) is 41.5 Å². The van der Waals surface area contributed by atoms with E-state index in [9.17, 15) is 9.18 Å². The summed E-state index contributed by atoms with van der Waals surface area (Å²) in [6.07, 6.45) is 6.73. The lowest BCUT2D eigenvalue weighted by Gasteiger charge is -2.08. The third-order valence-corrected chi connectivity index (χ3v) is 3.56. The number of aryl methyl sites for hydroxylation is 1. The van der Waals surface area contributed by atoms with Crippen molar-refractivity contribution in [3.63, 3.8) is 0 Å². The molecule has 1 aliphatic rings. The molecule has 0 fully saturated rings. The second-order valence-electron chi connectivity index (χ2n) is 5.07. The number of nitrogens with zero attached hydrogens (tertiary/aromatic N) is 4. The maximum Gasteiger partial charge on any atom is 0.253 e. The van der Waals surface area contributed by atoms with Gasteiger partial charge in [-0.1, -0.05) is 6.42 Å². The predicted octanol–water partition coefficient (Wildman–Crippen LogP) is 1.47. The van der Waals surface area contributed by atoms with E-state index in [1.165, 1.54) is 12.6 Å². The summed E-state index contributed by atoms with van der Waals surface area (Å²) in [6.45, 7) is 1.16. The van der Waals surface area contributed by atoms with Gasteiger partial charge in [0.2, 0.25) is 0 Å². The molecule has 1 N–H and O–H groups in total.